The van der Waals surface area contributed by atoms with Crippen LogP contribution in [0.4, 0.5) is 17.1 Å². The third-order valence-electron chi connectivity index (χ3n) is 3.16. The first-order chi connectivity index (χ1) is 9.42. The van der Waals surface area contributed by atoms with E-state index in [1.54, 1.807) is 20.0 Å². The Bertz CT molecular complexity index is 587. The van der Waals surface area contributed by atoms with Gasteiger partial charge in [0.1, 0.15) is 6.04 Å². The molecule has 0 radical (unpaired) electrons. The van der Waals surface area contributed by atoms with Crippen LogP contribution in [-0.2, 0) is 9.59 Å². The van der Waals surface area contributed by atoms with Gasteiger partial charge in [-0.05, 0) is 13.0 Å². The number of hydrogen-bond acceptors (Lipinski definition) is 6. The number of carbonyl (C=O) groups is 2. The quantitative estimate of drug-likeness (QED) is 0.473. The lowest BCUT2D eigenvalue weighted by Crippen LogP contribution is -2.57. The Morgan fingerprint density at radius 1 is 1.40 bits per heavy atom. The lowest BCUT2D eigenvalue weighted by atomic mass is 10.1. The van der Waals surface area contributed by atoms with Crippen molar-refractivity contribution in [3.8, 4) is 0 Å². The van der Waals surface area contributed by atoms with Crippen molar-refractivity contribution in [3.05, 3.63) is 28.3 Å². The van der Waals surface area contributed by atoms with Crippen molar-refractivity contribution in [3.63, 3.8) is 0 Å². The molecule has 0 aliphatic carbocycles. The molecule has 2 N–H and O–H groups in total. The first-order valence-electron chi connectivity index (χ1n) is 6.00. The number of carbonyl (C=O) groups excluding carboxylic acids is 2. The number of rotatable bonds is 3. The molecule has 1 atom stereocenters. The highest BCUT2D eigenvalue weighted by Gasteiger charge is 2.31. The van der Waals surface area contributed by atoms with E-state index in [9.17, 15) is 19.7 Å². The average molecular weight is 278 g/mol. The molecule has 1 aromatic rings. The molecule has 0 spiro atoms. The third-order valence-corrected chi connectivity index (χ3v) is 3.16. The highest BCUT2D eigenvalue weighted by Crippen LogP contribution is 2.28. The molecule has 1 aromatic carbocycles. The smallest absolute Gasteiger partial charge is 0.273 e. The van der Waals surface area contributed by atoms with Gasteiger partial charge in [0, 0.05) is 30.6 Å². The fourth-order valence-corrected chi connectivity index (χ4v) is 2.04. The number of nitro benzene ring substituents is 1. The Balaban J connectivity index is 2.45. The van der Waals surface area contributed by atoms with Crippen molar-refractivity contribution in [1.82, 2.24) is 5.32 Å². The molecular weight excluding hydrogens is 264 g/mol. The summed E-state index contributed by atoms with van der Waals surface area (Å²) >= 11 is 0. The number of amides is 2. The van der Waals surface area contributed by atoms with Gasteiger partial charge in [-0.1, -0.05) is 0 Å². The van der Waals surface area contributed by atoms with E-state index in [0.29, 0.717) is 11.4 Å². The molecule has 1 unspecified atom stereocenters. The van der Waals surface area contributed by atoms with Crippen LogP contribution in [0.25, 0.3) is 0 Å². The van der Waals surface area contributed by atoms with Gasteiger partial charge in [-0.25, -0.2) is 0 Å². The van der Waals surface area contributed by atoms with Crippen LogP contribution in [0.2, 0.25) is 0 Å². The molecule has 8 nitrogen and oxygen atoms in total. The van der Waals surface area contributed by atoms with Crippen LogP contribution in [0, 0.1) is 10.1 Å². The lowest BCUT2D eigenvalue weighted by Gasteiger charge is -2.33. The second-order valence-electron chi connectivity index (χ2n) is 4.46. The van der Waals surface area contributed by atoms with E-state index in [1.165, 1.54) is 17.0 Å². The van der Waals surface area contributed by atoms with Gasteiger partial charge in [-0.15, -0.1) is 0 Å². The summed E-state index contributed by atoms with van der Waals surface area (Å²) in [6, 6.07) is 3.83. The van der Waals surface area contributed by atoms with E-state index >= 15 is 0 Å². The van der Waals surface area contributed by atoms with Gasteiger partial charge in [0.05, 0.1) is 11.5 Å². The minimum Gasteiger partial charge on any atom is -0.388 e. The highest BCUT2D eigenvalue weighted by molar-refractivity contribution is 6.04. The molecule has 1 saturated heterocycles. The van der Waals surface area contributed by atoms with Gasteiger partial charge in [-0.3, -0.25) is 25.0 Å². The van der Waals surface area contributed by atoms with E-state index in [0.717, 1.165) is 0 Å². The molecule has 1 heterocycles. The molecule has 0 saturated carbocycles. The summed E-state index contributed by atoms with van der Waals surface area (Å²) in [4.78, 5) is 35.0. The van der Waals surface area contributed by atoms with Gasteiger partial charge in [0.2, 0.25) is 11.8 Å². The summed E-state index contributed by atoms with van der Waals surface area (Å²) in [5.41, 5.74) is 0.900. The van der Waals surface area contributed by atoms with Crippen molar-refractivity contribution >= 4 is 28.9 Å². The number of piperazine rings is 1. The second-order valence-corrected chi connectivity index (χ2v) is 4.46. The van der Waals surface area contributed by atoms with Crippen LogP contribution in [0.1, 0.15) is 6.92 Å². The zero-order valence-corrected chi connectivity index (χ0v) is 11.0. The molecule has 0 aromatic heterocycles. The molecule has 106 valence electrons. The Kier molecular flexibility index (Phi) is 3.55. The van der Waals surface area contributed by atoms with Crippen LogP contribution in [0.3, 0.4) is 0 Å². The van der Waals surface area contributed by atoms with Crippen LogP contribution >= 0.6 is 0 Å². The molecule has 20 heavy (non-hydrogen) atoms. The van der Waals surface area contributed by atoms with E-state index in [2.05, 4.69) is 10.6 Å². The fraction of sp³-hybridized carbons (Fsp3) is 0.333. The van der Waals surface area contributed by atoms with E-state index < -0.39 is 22.8 Å². The minimum atomic E-state index is -0.570. The predicted octanol–water partition coefficient (Wildman–Crippen LogP) is 0.488. The summed E-state index contributed by atoms with van der Waals surface area (Å²) < 4.78 is 0. The first-order valence-corrected chi connectivity index (χ1v) is 6.00. The summed E-state index contributed by atoms with van der Waals surface area (Å²) in [6.45, 7) is 1.62. The maximum Gasteiger partial charge on any atom is 0.273 e. The Labute approximate surface area is 114 Å². The minimum absolute atomic E-state index is 0.0166. The number of nitrogens with one attached hydrogen (secondary N) is 2. The van der Waals surface area contributed by atoms with Gasteiger partial charge >= 0.3 is 0 Å². The average Bonchev–Trinajstić information content (AvgIpc) is 2.42. The first kappa shape index (κ1) is 13.8. The number of nitrogens with zero attached hydrogens (tertiary/aromatic N) is 2. The van der Waals surface area contributed by atoms with E-state index in [1.807, 2.05) is 0 Å². The van der Waals surface area contributed by atoms with Crippen molar-refractivity contribution < 1.29 is 14.5 Å². The van der Waals surface area contributed by atoms with Crippen LogP contribution in [0.5, 0.6) is 0 Å². The zero-order valence-electron chi connectivity index (χ0n) is 11.0. The molecule has 2 amide bonds. The van der Waals surface area contributed by atoms with Crippen molar-refractivity contribution in [2.24, 2.45) is 0 Å². The van der Waals surface area contributed by atoms with Gasteiger partial charge < -0.3 is 10.2 Å². The van der Waals surface area contributed by atoms with Crippen LogP contribution in [-0.4, -0.2) is 36.4 Å². The number of non-ortho nitro benzene ring substituents is 1. The summed E-state index contributed by atoms with van der Waals surface area (Å²) in [6.07, 6.45) is 0. The van der Waals surface area contributed by atoms with E-state index in [4.69, 9.17) is 0 Å². The fourth-order valence-electron chi connectivity index (χ4n) is 2.04. The summed E-state index contributed by atoms with van der Waals surface area (Å²) in [5, 5.41) is 16.0. The molecule has 0 bridgehead atoms. The molecule has 8 heteroatoms. The highest BCUT2D eigenvalue weighted by atomic mass is 16.6. The molecule has 1 fully saturated rings. The largest absolute Gasteiger partial charge is 0.388 e. The van der Waals surface area contributed by atoms with Crippen molar-refractivity contribution in [2.45, 2.75) is 13.0 Å². The predicted molar refractivity (Wildman–Crippen MR) is 72.6 cm³/mol. The zero-order chi connectivity index (χ0) is 14.9. The SMILES string of the molecule is CNc1cc(N2CC(=O)NC(=O)C2C)cc([N+](=O)[O-])c1. The Morgan fingerprint density at radius 3 is 2.70 bits per heavy atom. The second kappa shape index (κ2) is 5.16. The van der Waals surface area contributed by atoms with E-state index in [-0.39, 0.29) is 12.2 Å². The maximum absolute atomic E-state index is 11.6. The number of hydrogen-bond donors (Lipinski definition) is 2. The number of benzene rings is 1. The van der Waals surface area contributed by atoms with Crippen LogP contribution in [0.15, 0.2) is 18.2 Å². The Morgan fingerprint density at radius 2 is 2.10 bits per heavy atom. The standard InChI is InChI=1S/C12H14N4O4/c1-7-12(18)14-11(17)6-15(7)9-3-8(13-2)4-10(5-9)16(19)20/h3-5,7,13H,6H2,1-2H3,(H,14,17,18). The topological polar surface area (TPSA) is 105 Å². The molecule has 2 rings (SSSR count). The molecular formula is C12H14N4O4. The summed E-state index contributed by atoms with van der Waals surface area (Å²) in [7, 11) is 1.64. The molecule has 1 aliphatic heterocycles. The number of imide groups is 1. The van der Waals surface area contributed by atoms with Crippen LogP contribution < -0.4 is 15.5 Å². The number of anilines is 2. The maximum atomic E-state index is 11.6. The lowest BCUT2D eigenvalue weighted by molar-refractivity contribution is -0.384. The van der Waals surface area contributed by atoms with Gasteiger partial charge in [-0.2, -0.15) is 0 Å². The number of nitro groups is 1. The van der Waals surface area contributed by atoms with Crippen molar-refractivity contribution in [1.29, 1.82) is 0 Å². The van der Waals surface area contributed by atoms with Gasteiger partial charge in [0.15, 0.2) is 0 Å². The normalized spacial score (nSPS) is 18.7. The third kappa shape index (κ3) is 2.53. The van der Waals surface area contributed by atoms with Crippen molar-refractivity contribution in [2.75, 3.05) is 23.8 Å². The Hall–Kier alpha value is -2.64. The molecule has 1 aliphatic rings. The summed E-state index contributed by atoms with van der Waals surface area (Å²) in [5.74, 6) is -0.843. The monoisotopic (exact) mass is 278 g/mol. The van der Waals surface area contributed by atoms with Gasteiger partial charge in [0.25, 0.3) is 5.69 Å².